The molecule has 2 nitrogen and oxygen atoms in total. The molecule has 0 amide bonds. The summed E-state index contributed by atoms with van der Waals surface area (Å²) in [5.74, 6) is 1.84. The zero-order valence-electron chi connectivity index (χ0n) is 13.7. The molecule has 1 aliphatic heterocycles. The summed E-state index contributed by atoms with van der Waals surface area (Å²) in [6.07, 6.45) is 5.19. The van der Waals surface area contributed by atoms with Crippen LogP contribution in [0.1, 0.15) is 47.1 Å². The molecule has 1 aliphatic rings. The van der Waals surface area contributed by atoms with Crippen molar-refractivity contribution in [1.82, 2.24) is 0 Å². The number of benzene rings is 1. The van der Waals surface area contributed by atoms with Crippen molar-refractivity contribution < 1.29 is 26.4 Å². The molecule has 0 aromatic heterocycles. The first-order chi connectivity index (χ1) is 9.32. The Morgan fingerprint density at radius 3 is 1.86 bits per heavy atom. The Kier molecular flexibility index (Phi) is 8.57. The van der Waals surface area contributed by atoms with Gasteiger partial charge >= 0.3 is 24.2 Å². The molecule has 1 aromatic rings. The molecule has 4 heteroatoms. The van der Waals surface area contributed by atoms with Gasteiger partial charge in [0.15, 0.2) is 0 Å². The molecular formula is C17H25BCuO2. The van der Waals surface area contributed by atoms with Crippen molar-refractivity contribution >= 4 is 7.12 Å². The summed E-state index contributed by atoms with van der Waals surface area (Å²) in [5.41, 5.74) is 0.459. The molecule has 1 saturated heterocycles. The van der Waals surface area contributed by atoms with Gasteiger partial charge in [-0.15, -0.1) is 18.1 Å². The second-order valence-electron chi connectivity index (χ2n) is 5.88. The monoisotopic (exact) mass is 335 g/mol. The van der Waals surface area contributed by atoms with Crippen molar-refractivity contribution in [2.45, 2.75) is 52.7 Å². The molecule has 21 heavy (non-hydrogen) atoms. The zero-order valence-corrected chi connectivity index (χ0v) is 14.7. The van der Waals surface area contributed by atoms with Crippen LogP contribution in [0.25, 0.3) is 0 Å². The van der Waals surface area contributed by atoms with E-state index in [2.05, 4.69) is 6.08 Å². The van der Waals surface area contributed by atoms with Crippen LogP contribution in [-0.4, -0.2) is 18.3 Å². The first-order valence-electron chi connectivity index (χ1n) is 7.07. The first-order valence-corrected chi connectivity index (χ1v) is 7.07. The molecule has 0 bridgehead atoms. The maximum atomic E-state index is 5.85. The van der Waals surface area contributed by atoms with E-state index in [1.807, 2.05) is 84.3 Å². The summed E-state index contributed by atoms with van der Waals surface area (Å²) >= 11 is 0. The van der Waals surface area contributed by atoms with Gasteiger partial charge in [0.1, 0.15) is 0 Å². The summed E-state index contributed by atoms with van der Waals surface area (Å²) < 4.78 is 11.7. The Balaban J connectivity index is 0.000000922. The van der Waals surface area contributed by atoms with Crippen molar-refractivity contribution in [1.29, 1.82) is 0 Å². The SMILES string of the molecule is CC1(C)OB(C=[C-]c2ccccc2)OC1(C)C.C[CH-]C.[Cu+2]. The second kappa shape index (κ2) is 8.80. The first kappa shape index (κ1) is 20.5. The third-order valence-corrected chi connectivity index (χ3v) is 3.43. The van der Waals surface area contributed by atoms with Crippen LogP contribution in [0, 0.1) is 12.5 Å². The van der Waals surface area contributed by atoms with Crippen LogP contribution in [0.15, 0.2) is 36.3 Å². The van der Waals surface area contributed by atoms with Crippen molar-refractivity contribution in [2.75, 3.05) is 0 Å². The van der Waals surface area contributed by atoms with Crippen LogP contribution in [-0.2, 0) is 26.4 Å². The molecule has 1 radical (unpaired) electrons. The fourth-order valence-corrected chi connectivity index (χ4v) is 1.66. The Morgan fingerprint density at radius 1 is 1.00 bits per heavy atom. The zero-order chi connectivity index (χ0) is 15.2. The number of hydrogen-bond acceptors (Lipinski definition) is 2. The van der Waals surface area contributed by atoms with Gasteiger partial charge in [-0.2, -0.15) is 37.6 Å². The Hall–Kier alpha value is -0.536. The Labute approximate surface area is 140 Å². The van der Waals surface area contributed by atoms with Crippen LogP contribution < -0.4 is 0 Å². The van der Waals surface area contributed by atoms with Crippen LogP contribution in [0.5, 0.6) is 0 Å². The van der Waals surface area contributed by atoms with Crippen molar-refractivity contribution in [2.24, 2.45) is 0 Å². The van der Waals surface area contributed by atoms with E-state index in [-0.39, 0.29) is 35.4 Å². The minimum Gasteiger partial charge on any atom is -0.400 e. The van der Waals surface area contributed by atoms with Gasteiger partial charge in [-0.05, 0) is 27.7 Å². The molecule has 119 valence electrons. The summed E-state index contributed by atoms with van der Waals surface area (Å²) in [4.78, 5) is 0. The van der Waals surface area contributed by atoms with Gasteiger partial charge in [0, 0.05) is 0 Å². The van der Waals surface area contributed by atoms with Crippen molar-refractivity contribution in [3.63, 3.8) is 0 Å². The maximum Gasteiger partial charge on any atom is 2.00 e. The number of hydrogen-bond donors (Lipinski definition) is 0. The van der Waals surface area contributed by atoms with E-state index in [1.165, 1.54) is 0 Å². The predicted molar refractivity (Wildman–Crippen MR) is 85.1 cm³/mol. The van der Waals surface area contributed by atoms with Crippen molar-refractivity contribution in [3.8, 4) is 0 Å². The van der Waals surface area contributed by atoms with Crippen LogP contribution in [0.4, 0.5) is 0 Å². The summed E-state index contributed by atoms with van der Waals surface area (Å²) in [5, 5.41) is 0. The van der Waals surface area contributed by atoms with Gasteiger partial charge in [0.25, 0.3) is 0 Å². The van der Waals surface area contributed by atoms with Gasteiger partial charge in [-0.25, -0.2) is 0 Å². The molecule has 0 saturated carbocycles. The molecular weight excluding hydrogens is 311 g/mol. The molecule has 1 fully saturated rings. The van der Waals surface area contributed by atoms with E-state index >= 15 is 0 Å². The normalized spacial score (nSPS) is 18.9. The molecule has 0 N–H and O–H groups in total. The van der Waals surface area contributed by atoms with E-state index in [0.717, 1.165) is 5.56 Å². The molecule has 0 atom stereocenters. The second-order valence-corrected chi connectivity index (χ2v) is 5.88. The molecule has 0 spiro atoms. The fraction of sp³-hybridized carbons (Fsp3) is 0.471. The third-order valence-electron chi connectivity index (χ3n) is 3.43. The number of rotatable bonds is 2. The van der Waals surface area contributed by atoms with Gasteiger partial charge in [-0.1, -0.05) is 6.07 Å². The predicted octanol–water partition coefficient (Wildman–Crippen LogP) is 4.25. The van der Waals surface area contributed by atoms with Crippen molar-refractivity contribution in [3.05, 3.63) is 54.4 Å². The maximum absolute atomic E-state index is 5.85. The average Bonchev–Trinajstić information content (AvgIpc) is 2.58. The molecule has 1 heterocycles. The quantitative estimate of drug-likeness (QED) is 0.594. The minimum atomic E-state index is -0.319. The third kappa shape index (κ3) is 6.00. The fourth-order valence-electron chi connectivity index (χ4n) is 1.66. The van der Waals surface area contributed by atoms with Gasteiger partial charge in [0.2, 0.25) is 0 Å². The van der Waals surface area contributed by atoms with E-state index in [4.69, 9.17) is 9.31 Å². The van der Waals surface area contributed by atoms with Gasteiger partial charge in [-0.3, -0.25) is 0 Å². The molecule has 1 aromatic carbocycles. The average molecular weight is 336 g/mol. The summed E-state index contributed by atoms with van der Waals surface area (Å²) in [6.45, 7) is 12.2. The van der Waals surface area contributed by atoms with Crippen LogP contribution in [0.2, 0.25) is 0 Å². The summed E-state index contributed by atoms with van der Waals surface area (Å²) in [6, 6.07) is 9.96. The van der Waals surface area contributed by atoms with Crippen LogP contribution in [0.3, 0.4) is 0 Å². The smallest absolute Gasteiger partial charge is 0.400 e. The van der Waals surface area contributed by atoms with E-state index in [1.54, 1.807) is 0 Å². The summed E-state index contributed by atoms with van der Waals surface area (Å²) in [7, 11) is -0.319. The van der Waals surface area contributed by atoms with E-state index < -0.39 is 0 Å². The van der Waals surface area contributed by atoms with E-state index in [0.29, 0.717) is 0 Å². The molecule has 0 unspecified atom stereocenters. The largest absolute Gasteiger partial charge is 2.00 e. The molecule has 2 rings (SSSR count). The molecule has 0 aliphatic carbocycles. The Morgan fingerprint density at radius 2 is 1.43 bits per heavy atom. The van der Waals surface area contributed by atoms with Gasteiger partial charge < -0.3 is 15.7 Å². The minimum absolute atomic E-state index is 0. The van der Waals surface area contributed by atoms with Crippen LogP contribution >= 0.6 is 0 Å². The van der Waals surface area contributed by atoms with E-state index in [9.17, 15) is 0 Å². The standard InChI is InChI=1S/C14H18BO2.C3H7.Cu/c1-13(2)14(3,4)17-15(16-13)11-10-12-8-6-5-7-9-12;1-3-2;/h5-9,11H,1-4H3;3H,1-2H3;/q2*-1;+2. The topological polar surface area (TPSA) is 18.5 Å². The Bertz CT molecular complexity index is 414. The van der Waals surface area contributed by atoms with Gasteiger partial charge in [0.05, 0.1) is 11.2 Å².